The number of ketones is 2. The molecule has 0 amide bonds. The number of carbonyl (C=O) groups excluding carboxylic acids is 4. The third kappa shape index (κ3) is 9.08. The summed E-state index contributed by atoms with van der Waals surface area (Å²) in [6, 6.07) is 9.99. The van der Waals surface area contributed by atoms with Crippen molar-refractivity contribution in [1.82, 2.24) is 0 Å². The SMILES string of the molecule is CC1=C2C(OC(=O)C3CC3)C(=O)[C@]3(C)C(O)CC4OC[C@@]4(O)C3C(C)C(O)(CC1O)C2(C)C.CC1=C2C(OC(=O)C3CC3)C(=O)[C@]3(C)C(O[Si](C)(C)c4ccccc4)CC4OC[C@@]4(O)C3C(C)C(O)(CC1O)C2(C)C.[Ac].[Ac]. The molecule has 2 heterocycles. The number of carbonyl (C=O) groups is 4. The maximum Gasteiger partial charge on any atom is 0.309 e. The van der Waals surface area contributed by atoms with Gasteiger partial charge in [0.2, 0.25) is 8.32 Å². The standard InChI is InChI=1S/C33H46O8Si.C25H36O8.2Ac/c1-18-22(34)16-33(38)19(2)27-31(5,28(35)26(25(18)30(33,3)4)40-29(36)20-13-14-20)23(15-24-32(27,37)17-39-24)41-42(6,7)21-11-9-8-10-12-21;1-11-14(26)9-25(31)12(2)19-23(5,15(27)8-16-24(19,30)10-32-16)20(28)18(17(11)22(25,3)4)33-21(29)13-6-7-13;;/h8-12,19-20,22-24,26-27,34,37-38H,13-17H2,1-7H3;12-16,18-19,26-27,30-31H,6-10H2,1-5H3;;/t19?,22?,23?,24?,26?,27?,31-,32+,33?;12?,14?,15?,16?,18?,19?,23-,24+,25?;;/m11../s1. The molecule has 8 aliphatic carbocycles. The second-order valence-corrected chi connectivity index (χ2v) is 30.6. The molecule has 10 aliphatic rings. The Morgan fingerprint density at radius 1 is 0.623 bits per heavy atom. The third-order valence-corrected chi connectivity index (χ3v) is 24.5. The van der Waals surface area contributed by atoms with Gasteiger partial charge in [0.1, 0.15) is 11.2 Å². The number of aliphatic hydroxyl groups is 7. The molecule has 0 spiro atoms. The molecule has 1 aromatic rings. The van der Waals surface area contributed by atoms with Crippen molar-refractivity contribution in [2.75, 3.05) is 13.2 Å². The molecule has 14 unspecified atom stereocenters. The Balaban J connectivity index is 0.000000204. The number of rotatable bonds is 7. The summed E-state index contributed by atoms with van der Waals surface area (Å²) < 4.78 is 30.6. The molecule has 77 heavy (non-hydrogen) atoms. The number of fused-ring (bicyclic) bond motifs is 10. The predicted molar refractivity (Wildman–Crippen MR) is 274 cm³/mol. The zero-order valence-electron chi connectivity index (χ0n) is 47.0. The number of ether oxygens (including phenoxy) is 4. The second kappa shape index (κ2) is 20.7. The van der Waals surface area contributed by atoms with Crippen LogP contribution in [0, 0.1) is 145 Å². The van der Waals surface area contributed by atoms with Crippen LogP contribution in [0.5, 0.6) is 0 Å². The van der Waals surface area contributed by atoms with Crippen molar-refractivity contribution in [1.29, 1.82) is 0 Å². The molecule has 1 aromatic carbocycles. The first-order valence-corrected chi connectivity index (χ1v) is 30.4. The predicted octanol–water partition coefficient (Wildman–Crippen LogP) is 3.90. The molecule has 7 N–H and O–H groups in total. The van der Waals surface area contributed by atoms with Crippen LogP contribution in [0.4, 0.5) is 0 Å². The van der Waals surface area contributed by atoms with Crippen LogP contribution in [0.3, 0.4) is 0 Å². The minimum Gasteiger partial charge on any atom is -0.449 e. The van der Waals surface area contributed by atoms with E-state index in [0.717, 1.165) is 5.19 Å². The van der Waals surface area contributed by atoms with Crippen LogP contribution in [0.1, 0.15) is 121 Å². The van der Waals surface area contributed by atoms with Crippen LogP contribution in [0.25, 0.3) is 0 Å². The van der Waals surface area contributed by atoms with E-state index in [1.165, 1.54) is 0 Å². The number of Topliss-reactive ketones (excluding diaryl/α,β-unsaturated/α-hetero) is 2. The zero-order valence-corrected chi connectivity index (χ0v) is 57.5. The van der Waals surface area contributed by atoms with E-state index in [-0.39, 0.29) is 138 Å². The van der Waals surface area contributed by atoms with Gasteiger partial charge in [-0.3, -0.25) is 19.2 Å². The minimum absolute atomic E-state index is 0. The Morgan fingerprint density at radius 2 is 1.01 bits per heavy atom. The van der Waals surface area contributed by atoms with Gasteiger partial charge in [-0.05, 0) is 106 Å². The van der Waals surface area contributed by atoms with Gasteiger partial charge in [-0.2, -0.15) is 0 Å². The number of esters is 2. The second-order valence-electron chi connectivity index (χ2n) is 26.8. The number of benzene rings is 1. The van der Waals surface area contributed by atoms with Gasteiger partial charge in [0.15, 0.2) is 23.8 Å². The summed E-state index contributed by atoms with van der Waals surface area (Å²) in [5.41, 5.74) is -8.84. The normalized spacial score (nSPS) is 45.3. The van der Waals surface area contributed by atoms with E-state index < -0.39 is 143 Å². The first kappa shape index (κ1) is 62.7. The van der Waals surface area contributed by atoms with Crippen LogP contribution in [-0.2, 0) is 42.6 Å². The molecule has 0 aromatic heterocycles. The van der Waals surface area contributed by atoms with Crippen LogP contribution < -0.4 is 5.19 Å². The Bertz CT molecular complexity index is 2620. The Morgan fingerprint density at radius 3 is 1.40 bits per heavy atom. The molecule has 4 bridgehead atoms. The summed E-state index contributed by atoms with van der Waals surface area (Å²) >= 11 is 0. The fraction of sp³-hybridized carbons (Fsp3) is 0.759. The summed E-state index contributed by atoms with van der Waals surface area (Å²) in [6.45, 7) is 22.2. The topological polar surface area (TPSA) is 256 Å². The van der Waals surface area contributed by atoms with Crippen molar-refractivity contribution in [3.8, 4) is 0 Å². The summed E-state index contributed by atoms with van der Waals surface area (Å²) in [7, 11) is -2.60. The van der Waals surface area contributed by atoms with Crippen molar-refractivity contribution in [3.05, 3.63) is 52.6 Å². The fourth-order valence-corrected chi connectivity index (χ4v) is 18.8. The van der Waals surface area contributed by atoms with Gasteiger partial charge in [-0.15, -0.1) is 0 Å². The summed E-state index contributed by atoms with van der Waals surface area (Å²) in [5, 5.41) is 83.6. The fourth-order valence-electron chi connectivity index (χ4n) is 16.6. The molecule has 420 valence electrons. The summed E-state index contributed by atoms with van der Waals surface area (Å²) in [4.78, 5) is 55.7. The zero-order chi connectivity index (χ0) is 54.9. The molecular formula is C58H82Ac2O16Si. The molecule has 16 nitrogen and oxygen atoms in total. The van der Waals surface area contributed by atoms with E-state index in [2.05, 4.69) is 13.1 Å². The average Bonchev–Trinajstić information content (AvgIpc) is 4.28. The Hall–Kier alpha value is -0.320. The molecule has 2 radical (unpaired) electrons. The van der Waals surface area contributed by atoms with Crippen LogP contribution in [0.2, 0.25) is 13.1 Å². The monoisotopic (exact) mass is 1520 g/mol. The Labute approximate surface area is 525 Å². The van der Waals surface area contributed by atoms with Crippen molar-refractivity contribution in [2.24, 2.45) is 57.2 Å². The van der Waals surface area contributed by atoms with E-state index in [0.29, 0.717) is 54.4 Å². The largest absolute Gasteiger partial charge is 0.449 e. The maximum absolute atomic E-state index is 15.3. The van der Waals surface area contributed by atoms with Crippen molar-refractivity contribution in [2.45, 2.75) is 205 Å². The maximum atomic E-state index is 15.3. The summed E-state index contributed by atoms with van der Waals surface area (Å²) in [5.74, 6) is -5.20. The number of aliphatic hydroxyl groups excluding tert-OH is 3. The number of hydrogen-bond acceptors (Lipinski definition) is 16. The molecule has 6 saturated carbocycles. The van der Waals surface area contributed by atoms with Gasteiger partial charge in [0.25, 0.3) is 0 Å². The first-order chi connectivity index (χ1) is 34.7. The van der Waals surface area contributed by atoms with Gasteiger partial charge in [0.05, 0.1) is 83.7 Å². The van der Waals surface area contributed by atoms with Crippen LogP contribution in [0.15, 0.2) is 52.6 Å². The van der Waals surface area contributed by atoms with Crippen molar-refractivity contribution >= 4 is 37.0 Å². The molecule has 11 rings (SSSR count). The van der Waals surface area contributed by atoms with Crippen LogP contribution in [-0.4, -0.2) is 152 Å². The quantitative estimate of drug-likeness (QED) is 0.116. The molecular weight excluding hydrogens is 1430 g/mol. The van der Waals surface area contributed by atoms with Gasteiger partial charge >= 0.3 is 11.9 Å². The van der Waals surface area contributed by atoms with Gasteiger partial charge < -0.3 is 59.1 Å². The van der Waals surface area contributed by atoms with E-state index in [1.807, 2.05) is 58.0 Å². The van der Waals surface area contributed by atoms with Crippen molar-refractivity contribution in [3.63, 3.8) is 0 Å². The van der Waals surface area contributed by atoms with E-state index in [9.17, 15) is 50.1 Å². The van der Waals surface area contributed by atoms with E-state index in [4.69, 9.17) is 23.4 Å². The van der Waals surface area contributed by atoms with Crippen LogP contribution >= 0.6 is 0 Å². The molecule has 19 heteroatoms. The van der Waals surface area contributed by atoms with E-state index in [1.54, 1.807) is 41.5 Å². The van der Waals surface area contributed by atoms with Crippen molar-refractivity contribution < 1.29 is 166 Å². The summed E-state index contributed by atoms with van der Waals surface area (Å²) in [6.07, 6.45) is -4.50. The molecule has 18 atom stereocenters. The Kier molecular flexibility index (Phi) is 16.9. The average molecular weight is 1520 g/mol. The van der Waals surface area contributed by atoms with E-state index >= 15 is 4.79 Å². The molecule has 2 aliphatic heterocycles. The van der Waals surface area contributed by atoms with Gasteiger partial charge in [0, 0.05) is 136 Å². The smallest absolute Gasteiger partial charge is 0.309 e. The minimum atomic E-state index is -2.60. The number of hydrogen-bond donors (Lipinski definition) is 7. The third-order valence-electron chi connectivity index (χ3n) is 21.9. The first-order valence-electron chi connectivity index (χ1n) is 27.5. The molecule has 8 fully saturated rings. The molecule has 2 saturated heterocycles. The van der Waals surface area contributed by atoms with Gasteiger partial charge in [-0.1, -0.05) is 71.9 Å². The van der Waals surface area contributed by atoms with Gasteiger partial charge in [-0.25, -0.2) is 0 Å².